The van der Waals surface area contributed by atoms with Crippen molar-refractivity contribution in [1.29, 1.82) is 0 Å². The third-order valence-corrected chi connectivity index (χ3v) is 3.93. The summed E-state index contributed by atoms with van der Waals surface area (Å²) in [5.74, 6) is 0.656. The first kappa shape index (κ1) is 17.7. The number of nitrogens with zero attached hydrogens (tertiary/aromatic N) is 3. The molecule has 1 aliphatic heterocycles. The number of piperazine rings is 1. The molecule has 0 spiro atoms. The highest BCUT2D eigenvalue weighted by Crippen LogP contribution is 2.12. The normalized spacial score (nSPS) is 20.3. The van der Waals surface area contributed by atoms with E-state index < -0.39 is 0 Å². The Morgan fingerprint density at radius 2 is 2.00 bits per heavy atom. The highest BCUT2D eigenvalue weighted by atomic mass is 16.5. The first-order valence-electron chi connectivity index (χ1n) is 7.51. The molecule has 0 aliphatic carbocycles. The number of nitrogens with two attached hydrogens (primary N) is 1. The number of oxime groups is 1. The van der Waals surface area contributed by atoms with E-state index in [-0.39, 0.29) is 23.7 Å². The molecule has 0 aromatic rings. The maximum absolute atomic E-state index is 12.2. The van der Waals surface area contributed by atoms with Gasteiger partial charge in [0.05, 0.1) is 6.04 Å². The third-order valence-electron chi connectivity index (χ3n) is 3.93. The second kappa shape index (κ2) is 8.84. The Hall–Kier alpha value is -1.34. The lowest BCUT2D eigenvalue weighted by Gasteiger charge is -2.38. The third kappa shape index (κ3) is 5.17. The van der Waals surface area contributed by atoms with E-state index in [0.29, 0.717) is 26.1 Å². The van der Waals surface area contributed by atoms with Crippen LogP contribution in [0.1, 0.15) is 26.7 Å². The van der Waals surface area contributed by atoms with E-state index in [1.165, 1.54) is 0 Å². The van der Waals surface area contributed by atoms with Gasteiger partial charge in [-0.3, -0.25) is 9.69 Å². The molecule has 1 fully saturated rings. The molecule has 0 radical (unpaired) electrons. The van der Waals surface area contributed by atoms with E-state index >= 15 is 0 Å². The zero-order chi connectivity index (χ0) is 15.8. The van der Waals surface area contributed by atoms with Gasteiger partial charge in [-0.1, -0.05) is 19.0 Å². The van der Waals surface area contributed by atoms with E-state index in [9.17, 15) is 4.79 Å². The maximum Gasteiger partial charge on any atom is 0.223 e. The number of ether oxygens (including phenoxy) is 1. The van der Waals surface area contributed by atoms with E-state index in [1.807, 2.05) is 18.7 Å². The number of carbonyl (C=O) groups excluding carboxylic acids is 1. The van der Waals surface area contributed by atoms with Gasteiger partial charge in [0, 0.05) is 46.3 Å². The summed E-state index contributed by atoms with van der Waals surface area (Å²) in [5, 5.41) is 11.9. The van der Waals surface area contributed by atoms with Crippen LogP contribution in [-0.2, 0) is 9.53 Å². The quantitative estimate of drug-likeness (QED) is 0.306. The second-order valence-corrected chi connectivity index (χ2v) is 5.63. The molecule has 7 heteroatoms. The van der Waals surface area contributed by atoms with Crippen molar-refractivity contribution in [1.82, 2.24) is 9.80 Å². The number of carbonyl (C=O) groups is 1. The molecule has 2 atom stereocenters. The summed E-state index contributed by atoms with van der Waals surface area (Å²) in [6.45, 7) is 7.50. The van der Waals surface area contributed by atoms with Gasteiger partial charge in [0.25, 0.3) is 0 Å². The highest BCUT2D eigenvalue weighted by molar-refractivity contribution is 5.85. The molecule has 21 heavy (non-hydrogen) atoms. The molecule has 1 heterocycles. The van der Waals surface area contributed by atoms with Crippen LogP contribution in [0.4, 0.5) is 0 Å². The lowest BCUT2D eigenvalue weighted by Crippen LogP contribution is -2.55. The van der Waals surface area contributed by atoms with Crippen LogP contribution in [0.3, 0.4) is 0 Å². The zero-order valence-electron chi connectivity index (χ0n) is 13.3. The van der Waals surface area contributed by atoms with Crippen molar-refractivity contribution in [3.05, 3.63) is 0 Å². The minimum atomic E-state index is -0.0559. The number of hydrogen-bond acceptors (Lipinski definition) is 5. The van der Waals surface area contributed by atoms with Crippen molar-refractivity contribution in [3.8, 4) is 0 Å². The SMILES string of the molecule is CCC(C(N)=NO)N1CCN(C(=O)CC(C)COC)CC1. The van der Waals surface area contributed by atoms with E-state index in [0.717, 1.165) is 19.5 Å². The molecule has 0 saturated carbocycles. The Morgan fingerprint density at radius 3 is 2.48 bits per heavy atom. The molecule has 1 saturated heterocycles. The standard InChI is InChI=1S/C14H28N4O3/c1-4-12(14(15)16-20)17-5-7-18(8-6-17)13(19)9-11(2)10-21-3/h11-12,20H,4-10H2,1-3H3,(H2,15,16). The first-order valence-corrected chi connectivity index (χ1v) is 7.51. The summed E-state index contributed by atoms with van der Waals surface area (Å²) in [4.78, 5) is 16.2. The summed E-state index contributed by atoms with van der Waals surface area (Å²) >= 11 is 0. The first-order chi connectivity index (χ1) is 10.0. The van der Waals surface area contributed by atoms with Crippen LogP contribution in [-0.4, -0.2) is 72.7 Å². The molecular formula is C14H28N4O3. The van der Waals surface area contributed by atoms with Gasteiger partial charge in [0.2, 0.25) is 5.91 Å². The average molecular weight is 300 g/mol. The Kier molecular flexibility index (Phi) is 7.45. The zero-order valence-corrected chi connectivity index (χ0v) is 13.3. The molecular weight excluding hydrogens is 272 g/mol. The van der Waals surface area contributed by atoms with Gasteiger partial charge in [-0.25, -0.2) is 0 Å². The van der Waals surface area contributed by atoms with E-state index in [2.05, 4.69) is 10.1 Å². The fourth-order valence-corrected chi connectivity index (χ4v) is 2.77. The Morgan fingerprint density at radius 1 is 1.38 bits per heavy atom. The van der Waals surface area contributed by atoms with E-state index in [1.54, 1.807) is 7.11 Å². The number of rotatable bonds is 7. The molecule has 2 unspecified atom stereocenters. The lowest BCUT2D eigenvalue weighted by molar-refractivity contribution is -0.134. The molecule has 1 amide bonds. The maximum atomic E-state index is 12.2. The Labute approximate surface area is 126 Å². The van der Waals surface area contributed by atoms with Crippen molar-refractivity contribution in [2.75, 3.05) is 39.9 Å². The molecule has 0 aromatic carbocycles. The van der Waals surface area contributed by atoms with Crippen LogP contribution in [0.25, 0.3) is 0 Å². The molecule has 3 N–H and O–H groups in total. The van der Waals surface area contributed by atoms with Gasteiger partial charge in [-0.15, -0.1) is 0 Å². The molecule has 1 rings (SSSR count). The molecule has 7 nitrogen and oxygen atoms in total. The minimum Gasteiger partial charge on any atom is -0.409 e. The summed E-state index contributed by atoms with van der Waals surface area (Å²) in [5.41, 5.74) is 5.72. The van der Waals surface area contributed by atoms with Crippen molar-refractivity contribution < 1.29 is 14.7 Å². The molecule has 0 bridgehead atoms. The summed E-state index contributed by atoms with van der Waals surface area (Å²) < 4.78 is 5.06. The van der Waals surface area contributed by atoms with Crippen molar-refractivity contribution in [2.24, 2.45) is 16.8 Å². The van der Waals surface area contributed by atoms with Gasteiger partial charge in [-0.05, 0) is 12.3 Å². The topological polar surface area (TPSA) is 91.4 Å². The summed E-state index contributed by atoms with van der Waals surface area (Å²) in [7, 11) is 1.65. The Bertz CT molecular complexity index is 354. The van der Waals surface area contributed by atoms with Gasteiger partial charge < -0.3 is 20.6 Å². The van der Waals surface area contributed by atoms with Crippen LogP contribution >= 0.6 is 0 Å². The monoisotopic (exact) mass is 300 g/mol. The van der Waals surface area contributed by atoms with E-state index in [4.69, 9.17) is 15.7 Å². The van der Waals surface area contributed by atoms with Gasteiger partial charge in [-0.2, -0.15) is 0 Å². The fourth-order valence-electron chi connectivity index (χ4n) is 2.77. The largest absolute Gasteiger partial charge is 0.409 e. The van der Waals surface area contributed by atoms with Gasteiger partial charge >= 0.3 is 0 Å². The van der Waals surface area contributed by atoms with Crippen molar-refractivity contribution in [2.45, 2.75) is 32.7 Å². The van der Waals surface area contributed by atoms with Crippen LogP contribution in [0.2, 0.25) is 0 Å². The number of amidine groups is 1. The Balaban J connectivity index is 2.46. The fraction of sp³-hybridized carbons (Fsp3) is 0.857. The molecule has 1 aliphatic rings. The minimum absolute atomic E-state index is 0.0559. The van der Waals surface area contributed by atoms with Gasteiger partial charge in [0.1, 0.15) is 0 Å². The summed E-state index contributed by atoms with van der Waals surface area (Å²) in [6.07, 6.45) is 1.31. The average Bonchev–Trinajstić information content (AvgIpc) is 2.48. The van der Waals surface area contributed by atoms with Gasteiger partial charge in [0.15, 0.2) is 5.84 Å². The number of methoxy groups -OCH3 is 1. The molecule has 0 aromatic heterocycles. The van der Waals surface area contributed by atoms with Crippen LogP contribution in [0.5, 0.6) is 0 Å². The smallest absolute Gasteiger partial charge is 0.223 e. The second-order valence-electron chi connectivity index (χ2n) is 5.63. The van der Waals surface area contributed by atoms with Crippen LogP contribution < -0.4 is 5.73 Å². The highest BCUT2D eigenvalue weighted by Gasteiger charge is 2.27. The predicted octanol–water partition coefficient (Wildman–Crippen LogP) is 0.328. The van der Waals surface area contributed by atoms with Crippen molar-refractivity contribution >= 4 is 11.7 Å². The number of amides is 1. The van der Waals surface area contributed by atoms with Crippen LogP contribution in [0, 0.1) is 5.92 Å². The van der Waals surface area contributed by atoms with Crippen LogP contribution in [0.15, 0.2) is 5.16 Å². The van der Waals surface area contributed by atoms with Crippen molar-refractivity contribution in [3.63, 3.8) is 0 Å². The summed E-state index contributed by atoms with van der Waals surface area (Å²) in [6, 6.07) is -0.0559. The molecule has 122 valence electrons. The number of hydrogen-bond donors (Lipinski definition) is 2. The predicted molar refractivity (Wildman–Crippen MR) is 81.3 cm³/mol. The lowest BCUT2D eigenvalue weighted by atomic mass is 10.1.